The molecule has 1 aromatic carbocycles. The van der Waals surface area contributed by atoms with Gasteiger partial charge in [-0.15, -0.1) is 0 Å². The first-order valence-electron chi connectivity index (χ1n) is 7.37. The number of nitrogens with one attached hydrogen (secondary N) is 2. The summed E-state index contributed by atoms with van der Waals surface area (Å²) in [5.41, 5.74) is 0.939. The second kappa shape index (κ2) is 7.29. The smallest absolute Gasteiger partial charge is 0.230 e. The third kappa shape index (κ3) is 3.81. The van der Waals surface area contributed by atoms with Gasteiger partial charge in [-0.1, -0.05) is 41.9 Å². The molecule has 0 saturated carbocycles. The maximum Gasteiger partial charge on any atom is 0.230 e. The van der Waals surface area contributed by atoms with Gasteiger partial charge in [0.15, 0.2) is 11.6 Å². The summed E-state index contributed by atoms with van der Waals surface area (Å²) in [5.74, 6) is 1.44. The van der Waals surface area contributed by atoms with Crippen LogP contribution in [-0.4, -0.2) is 31.5 Å². The van der Waals surface area contributed by atoms with Crippen molar-refractivity contribution in [3.05, 3.63) is 59.4 Å². The largest absolute Gasteiger partial charge is 0.394 e. The van der Waals surface area contributed by atoms with E-state index in [4.69, 9.17) is 11.6 Å². The number of aliphatic hydroxyl groups excluding tert-OH is 1. The molecule has 7 nitrogen and oxygen atoms in total. The quantitative estimate of drug-likeness (QED) is 0.637. The predicted octanol–water partition coefficient (Wildman–Crippen LogP) is 2.75. The van der Waals surface area contributed by atoms with E-state index in [-0.39, 0.29) is 12.6 Å². The van der Waals surface area contributed by atoms with Gasteiger partial charge >= 0.3 is 0 Å². The van der Waals surface area contributed by atoms with E-state index in [2.05, 4.69) is 25.7 Å². The highest BCUT2D eigenvalue weighted by molar-refractivity contribution is 6.32. The average Bonchev–Trinajstić information content (AvgIpc) is 3.01. The molecule has 3 aromatic rings. The number of hydrogen-bond acceptors (Lipinski definition) is 6. The lowest BCUT2D eigenvalue weighted by Gasteiger charge is -2.18. The number of aryl methyl sites for hydroxylation is 1. The van der Waals surface area contributed by atoms with Crippen LogP contribution in [0, 0.1) is 0 Å². The molecule has 0 saturated heterocycles. The molecular formula is C16H17ClN6O. The van der Waals surface area contributed by atoms with E-state index in [1.165, 1.54) is 6.20 Å². The van der Waals surface area contributed by atoms with Crippen LogP contribution in [0.5, 0.6) is 0 Å². The highest BCUT2D eigenvalue weighted by Crippen LogP contribution is 2.25. The van der Waals surface area contributed by atoms with E-state index in [1.807, 2.05) is 49.6 Å². The Labute approximate surface area is 144 Å². The minimum atomic E-state index is -0.318. The van der Waals surface area contributed by atoms with Crippen LogP contribution < -0.4 is 10.6 Å². The Kier molecular flexibility index (Phi) is 4.93. The van der Waals surface area contributed by atoms with Crippen molar-refractivity contribution >= 4 is 29.2 Å². The number of nitrogens with zero attached hydrogens (tertiary/aromatic N) is 4. The Bertz CT molecular complexity index is 807. The van der Waals surface area contributed by atoms with Gasteiger partial charge in [0.2, 0.25) is 5.95 Å². The van der Waals surface area contributed by atoms with E-state index in [9.17, 15) is 5.11 Å². The van der Waals surface area contributed by atoms with Gasteiger partial charge in [-0.3, -0.25) is 4.68 Å². The van der Waals surface area contributed by atoms with E-state index in [0.717, 1.165) is 5.56 Å². The normalized spacial score (nSPS) is 12.0. The van der Waals surface area contributed by atoms with Crippen molar-refractivity contribution in [1.82, 2.24) is 19.7 Å². The summed E-state index contributed by atoms with van der Waals surface area (Å²) < 4.78 is 1.68. The van der Waals surface area contributed by atoms with Crippen LogP contribution in [0.1, 0.15) is 11.6 Å². The fourth-order valence-electron chi connectivity index (χ4n) is 2.21. The van der Waals surface area contributed by atoms with Crippen molar-refractivity contribution in [2.75, 3.05) is 17.2 Å². The first-order chi connectivity index (χ1) is 11.7. The van der Waals surface area contributed by atoms with Crippen LogP contribution in [-0.2, 0) is 7.05 Å². The molecule has 2 heterocycles. The van der Waals surface area contributed by atoms with Crippen LogP contribution in [0.4, 0.5) is 17.6 Å². The van der Waals surface area contributed by atoms with Gasteiger partial charge in [0.05, 0.1) is 18.8 Å². The third-order valence-electron chi connectivity index (χ3n) is 3.39. The van der Waals surface area contributed by atoms with Crippen molar-refractivity contribution in [3.8, 4) is 0 Å². The average molecular weight is 345 g/mol. The molecule has 2 aromatic heterocycles. The van der Waals surface area contributed by atoms with Gasteiger partial charge in [0, 0.05) is 19.3 Å². The van der Waals surface area contributed by atoms with Crippen molar-refractivity contribution < 1.29 is 5.11 Å². The lowest BCUT2D eigenvalue weighted by Crippen LogP contribution is -2.16. The van der Waals surface area contributed by atoms with Gasteiger partial charge in [-0.2, -0.15) is 10.1 Å². The fourth-order valence-corrected chi connectivity index (χ4v) is 2.36. The highest BCUT2D eigenvalue weighted by atomic mass is 35.5. The first-order valence-corrected chi connectivity index (χ1v) is 7.75. The Morgan fingerprint density at radius 1 is 1.25 bits per heavy atom. The van der Waals surface area contributed by atoms with Crippen LogP contribution in [0.25, 0.3) is 0 Å². The van der Waals surface area contributed by atoms with Gasteiger partial charge in [0.1, 0.15) is 5.02 Å². The summed E-state index contributed by atoms with van der Waals surface area (Å²) in [6.07, 6.45) is 3.32. The maximum absolute atomic E-state index is 9.66. The predicted molar refractivity (Wildman–Crippen MR) is 93.4 cm³/mol. The van der Waals surface area contributed by atoms with E-state index < -0.39 is 0 Å². The first kappa shape index (κ1) is 16.2. The summed E-state index contributed by atoms with van der Waals surface area (Å²) in [6, 6.07) is 11.1. The van der Waals surface area contributed by atoms with Crippen molar-refractivity contribution in [2.45, 2.75) is 6.04 Å². The molecule has 0 aliphatic rings. The molecule has 3 rings (SSSR count). The number of aromatic nitrogens is 4. The second-order valence-electron chi connectivity index (χ2n) is 5.18. The van der Waals surface area contributed by atoms with Gasteiger partial charge in [-0.05, 0) is 5.56 Å². The summed E-state index contributed by atoms with van der Waals surface area (Å²) in [4.78, 5) is 8.51. The second-order valence-corrected chi connectivity index (χ2v) is 5.59. The third-order valence-corrected chi connectivity index (χ3v) is 3.67. The lowest BCUT2D eigenvalue weighted by molar-refractivity contribution is 0.276. The van der Waals surface area contributed by atoms with Gasteiger partial charge < -0.3 is 15.7 Å². The molecule has 0 aliphatic heterocycles. The van der Waals surface area contributed by atoms with Crippen LogP contribution in [0.15, 0.2) is 48.8 Å². The highest BCUT2D eigenvalue weighted by Gasteiger charge is 2.14. The van der Waals surface area contributed by atoms with Gasteiger partial charge in [-0.25, -0.2) is 4.98 Å². The molecule has 1 atom stereocenters. The molecule has 0 unspecified atom stereocenters. The molecule has 0 aliphatic carbocycles. The van der Waals surface area contributed by atoms with Crippen LogP contribution in [0.3, 0.4) is 0 Å². The van der Waals surface area contributed by atoms with E-state index in [1.54, 1.807) is 4.68 Å². The Balaban J connectivity index is 1.80. The summed E-state index contributed by atoms with van der Waals surface area (Å²) >= 11 is 6.18. The van der Waals surface area contributed by atoms with Gasteiger partial charge in [0.25, 0.3) is 0 Å². The molecule has 0 bridgehead atoms. The Hall–Kier alpha value is -2.64. The zero-order valence-corrected chi connectivity index (χ0v) is 13.8. The Morgan fingerprint density at radius 2 is 2.04 bits per heavy atom. The number of rotatable bonds is 6. The van der Waals surface area contributed by atoms with E-state index >= 15 is 0 Å². The molecule has 0 spiro atoms. The van der Waals surface area contributed by atoms with Crippen molar-refractivity contribution in [3.63, 3.8) is 0 Å². The topological polar surface area (TPSA) is 87.9 Å². The zero-order valence-electron chi connectivity index (χ0n) is 13.0. The van der Waals surface area contributed by atoms with E-state index in [0.29, 0.717) is 22.6 Å². The number of halogens is 1. The number of anilines is 3. The van der Waals surface area contributed by atoms with Crippen molar-refractivity contribution in [1.29, 1.82) is 0 Å². The standard InChI is InChI=1S/C16H17ClN6O/c1-23-8-7-14(22-23)20-16-18-9-12(17)15(21-16)19-13(10-24)11-5-3-2-4-6-11/h2-9,13,24H,10H2,1H3,(H2,18,19,20,21,22)/t13-/m1/s1. The number of aliphatic hydroxyl groups is 1. The van der Waals surface area contributed by atoms with Crippen LogP contribution >= 0.6 is 11.6 Å². The summed E-state index contributed by atoms with van der Waals surface area (Å²) in [7, 11) is 1.83. The Morgan fingerprint density at radius 3 is 2.71 bits per heavy atom. The molecule has 0 amide bonds. The lowest BCUT2D eigenvalue weighted by atomic mass is 10.1. The molecule has 8 heteroatoms. The van der Waals surface area contributed by atoms with Crippen LogP contribution in [0.2, 0.25) is 5.02 Å². The zero-order chi connectivity index (χ0) is 16.9. The fraction of sp³-hybridized carbons (Fsp3) is 0.188. The summed E-state index contributed by atoms with van der Waals surface area (Å²) in [6.45, 7) is -0.0899. The molecule has 24 heavy (non-hydrogen) atoms. The molecular weight excluding hydrogens is 328 g/mol. The molecule has 0 fully saturated rings. The molecule has 3 N–H and O–H groups in total. The summed E-state index contributed by atoms with van der Waals surface area (Å²) in [5, 5.41) is 20.4. The number of benzene rings is 1. The SMILES string of the molecule is Cn1ccc(Nc2ncc(Cl)c(N[C@H](CO)c3ccccc3)n2)n1. The minimum absolute atomic E-state index is 0.0899. The molecule has 124 valence electrons. The monoisotopic (exact) mass is 344 g/mol. The number of hydrogen-bond donors (Lipinski definition) is 3. The van der Waals surface area contributed by atoms with Crippen molar-refractivity contribution in [2.24, 2.45) is 7.05 Å². The minimum Gasteiger partial charge on any atom is -0.394 e. The maximum atomic E-state index is 9.66. The molecule has 0 radical (unpaired) electrons.